The van der Waals surface area contributed by atoms with Gasteiger partial charge in [0.2, 0.25) is 0 Å². The first-order valence-electron chi connectivity index (χ1n) is 19.7. The number of hydrogen-bond donors (Lipinski definition) is 1. The normalized spacial score (nSPS) is 12.2. The molecular formula is C40H76O4. The van der Waals surface area contributed by atoms with Crippen LogP contribution >= 0.6 is 0 Å². The van der Waals surface area contributed by atoms with Gasteiger partial charge in [-0.1, -0.05) is 180 Å². The molecule has 0 saturated carbocycles. The minimum Gasteiger partial charge on any atom is -0.481 e. The van der Waals surface area contributed by atoms with Crippen LogP contribution in [0.15, 0.2) is 12.2 Å². The Kier molecular flexibility index (Phi) is 35.1. The van der Waals surface area contributed by atoms with Crippen LogP contribution < -0.4 is 0 Å². The summed E-state index contributed by atoms with van der Waals surface area (Å²) >= 11 is 0. The van der Waals surface area contributed by atoms with Gasteiger partial charge in [-0.05, 0) is 44.6 Å². The highest BCUT2D eigenvalue weighted by molar-refractivity contribution is 5.69. The van der Waals surface area contributed by atoms with Crippen molar-refractivity contribution in [3.8, 4) is 0 Å². The van der Waals surface area contributed by atoms with Crippen LogP contribution in [0, 0.1) is 0 Å². The lowest BCUT2D eigenvalue weighted by Gasteiger charge is -2.15. The van der Waals surface area contributed by atoms with E-state index >= 15 is 0 Å². The molecule has 0 spiro atoms. The molecular weight excluding hydrogens is 544 g/mol. The Morgan fingerprint density at radius 2 is 0.864 bits per heavy atom. The molecule has 0 saturated heterocycles. The van der Waals surface area contributed by atoms with Gasteiger partial charge in [0.15, 0.2) is 0 Å². The van der Waals surface area contributed by atoms with Gasteiger partial charge in [0, 0.05) is 12.8 Å². The molecule has 0 aromatic heterocycles. The molecule has 0 fully saturated rings. The van der Waals surface area contributed by atoms with E-state index in [1.807, 2.05) is 0 Å². The molecule has 0 aliphatic carbocycles. The zero-order valence-electron chi connectivity index (χ0n) is 29.7. The van der Waals surface area contributed by atoms with Crippen molar-refractivity contribution >= 4 is 11.9 Å². The summed E-state index contributed by atoms with van der Waals surface area (Å²) in [5.74, 6) is -0.730. The maximum Gasteiger partial charge on any atom is 0.306 e. The molecule has 260 valence electrons. The fourth-order valence-corrected chi connectivity index (χ4v) is 6.04. The second-order valence-corrected chi connectivity index (χ2v) is 13.5. The predicted octanol–water partition coefficient (Wildman–Crippen LogP) is 13.5. The van der Waals surface area contributed by atoms with Crippen molar-refractivity contribution in [2.24, 2.45) is 0 Å². The molecule has 0 bridgehead atoms. The fraction of sp³-hybridized carbons (Fsp3) is 0.900. The van der Waals surface area contributed by atoms with Gasteiger partial charge in [0.05, 0.1) is 0 Å². The van der Waals surface area contributed by atoms with Crippen LogP contribution in [0.2, 0.25) is 0 Å². The van der Waals surface area contributed by atoms with Crippen LogP contribution in [0.3, 0.4) is 0 Å². The molecule has 1 unspecified atom stereocenters. The maximum atomic E-state index is 12.6. The molecule has 1 N–H and O–H groups in total. The van der Waals surface area contributed by atoms with Crippen molar-refractivity contribution in [3.63, 3.8) is 0 Å². The lowest BCUT2D eigenvalue weighted by atomic mass is 10.0. The van der Waals surface area contributed by atoms with E-state index in [4.69, 9.17) is 9.84 Å². The lowest BCUT2D eigenvalue weighted by Crippen LogP contribution is -2.16. The number of ether oxygens (including phenoxy) is 1. The number of carboxylic acid groups (broad SMARTS) is 1. The third kappa shape index (κ3) is 35.2. The molecule has 0 heterocycles. The number of unbranched alkanes of at least 4 members (excludes halogenated alkanes) is 27. The lowest BCUT2D eigenvalue weighted by molar-refractivity contribution is -0.147. The van der Waals surface area contributed by atoms with E-state index in [0.717, 1.165) is 64.2 Å². The van der Waals surface area contributed by atoms with Crippen LogP contribution in [-0.4, -0.2) is 23.1 Å². The van der Waals surface area contributed by atoms with Crippen LogP contribution in [0.25, 0.3) is 0 Å². The summed E-state index contributed by atoms with van der Waals surface area (Å²) < 4.78 is 5.92. The second-order valence-electron chi connectivity index (χ2n) is 13.5. The number of carboxylic acids is 1. The number of allylic oxidation sites excluding steroid dienone is 1. The van der Waals surface area contributed by atoms with E-state index in [1.165, 1.54) is 135 Å². The van der Waals surface area contributed by atoms with Gasteiger partial charge in [-0.2, -0.15) is 0 Å². The number of esters is 1. The van der Waals surface area contributed by atoms with Crippen LogP contribution in [0.4, 0.5) is 0 Å². The van der Waals surface area contributed by atoms with Crippen LogP contribution in [0.5, 0.6) is 0 Å². The average molecular weight is 621 g/mol. The van der Waals surface area contributed by atoms with Gasteiger partial charge >= 0.3 is 11.9 Å². The summed E-state index contributed by atoms with van der Waals surface area (Å²) in [5, 5.41) is 8.77. The Hall–Kier alpha value is -1.32. The zero-order valence-corrected chi connectivity index (χ0v) is 29.7. The predicted molar refractivity (Wildman–Crippen MR) is 190 cm³/mol. The summed E-state index contributed by atoms with van der Waals surface area (Å²) in [5.41, 5.74) is 0. The SMILES string of the molecule is CCCCCCCC/C=C\C(CCCCCCCCC(=O)O)OC(=O)CCCCCCCCCCCCCCCCCCC. The quantitative estimate of drug-likeness (QED) is 0.0430. The summed E-state index contributed by atoms with van der Waals surface area (Å²) in [6.45, 7) is 4.54. The van der Waals surface area contributed by atoms with Gasteiger partial charge in [0.1, 0.15) is 6.10 Å². The van der Waals surface area contributed by atoms with Gasteiger partial charge in [-0.15, -0.1) is 0 Å². The topological polar surface area (TPSA) is 63.6 Å². The minimum atomic E-state index is -0.697. The highest BCUT2D eigenvalue weighted by Crippen LogP contribution is 2.17. The van der Waals surface area contributed by atoms with Crippen molar-refractivity contribution in [2.45, 2.75) is 232 Å². The minimum absolute atomic E-state index is 0.0335. The Bertz CT molecular complexity index is 629. The number of carbonyl (C=O) groups excluding carboxylic acids is 1. The standard InChI is InChI=1S/C40H76O4/c1-3-5-7-9-11-13-14-15-16-17-18-19-20-21-23-29-33-37-40(43)44-38(34-30-26-22-12-10-8-6-4-2)35-31-27-24-25-28-32-36-39(41)42/h30,34,38H,3-29,31-33,35-37H2,1-2H3,(H,41,42)/b34-30-. The summed E-state index contributed by atoms with van der Waals surface area (Å²) in [6.07, 6.45) is 43.9. The number of aliphatic carboxylic acids is 1. The molecule has 4 nitrogen and oxygen atoms in total. The van der Waals surface area contributed by atoms with E-state index in [-0.39, 0.29) is 18.5 Å². The van der Waals surface area contributed by atoms with E-state index in [0.29, 0.717) is 6.42 Å². The molecule has 0 aromatic rings. The van der Waals surface area contributed by atoms with Gasteiger partial charge < -0.3 is 9.84 Å². The Balaban J connectivity index is 3.94. The highest BCUT2D eigenvalue weighted by Gasteiger charge is 2.11. The van der Waals surface area contributed by atoms with E-state index in [9.17, 15) is 9.59 Å². The number of rotatable bonds is 36. The molecule has 0 amide bonds. The Morgan fingerprint density at radius 1 is 0.500 bits per heavy atom. The average Bonchev–Trinajstić information content (AvgIpc) is 3.01. The molecule has 0 aliphatic rings. The van der Waals surface area contributed by atoms with Crippen LogP contribution in [0.1, 0.15) is 226 Å². The molecule has 0 aromatic carbocycles. The monoisotopic (exact) mass is 621 g/mol. The first kappa shape index (κ1) is 42.7. The Labute approximate surface area is 275 Å². The smallest absolute Gasteiger partial charge is 0.306 e. The van der Waals surface area contributed by atoms with Gasteiger partial charge in [-0.3, -0.25) is 9.59 Å². The van der Waals surface area contributed by atoms with Gasteiger partial charge in [-0.25, -0.2) is 0 Å². The fourth-order valence-electron chi connectivity index (χ4n) is 6.04. The molecule has 4 heteroatoms. The van der Waals surface area contributed by atoms with Crippen molar-refractivity contribution in [1.29, 1.82) is 0 Å². The van der Waals surface area contributed by atoms with Crippen molar-refractivity contribution < 1.29 is 19.4 Å². The molecule has 44 heavy (non-hydrogen) atoms. The van der Waals surface area contributed by atoms with Crippen molar-refractivity contribution in [1.82, 2.24) is 0 Å². The molecule has 1 atom stereocenters. The first-order valence-corrected chi connectivity index (χ1v) is 19.7. The van der Waals surface area contributed by atoms with E-state index in [2.05, 4.69) is 26.0 Å². The van der Waals surface area contributed by atoms with E-state index < -0.39 is 5.97 Å². The van der Waals surface area contributed by atoms with E-state index in [1.54, 1.807) is 0 Å². The third-order valence-electron chi connectivity index (χ3n) is 8.97. The summed E-state index contributed by atoms with van der Waals surface area (Å²) in [7, 11) is 0. The maximum absolute atomic E-state index is 12.6. The summed E-state index contributed by atoms with van der Waals surface area (Å²) in [6, 6.07) is 0. The van der Waals surface area contributed by atoms with Crippen LogP contribution in [-0.2, 0) is 14.3 Å². The van der Waals surface area contributed by atoms with Crippen molar-refractivity contribution in [2.75, 3.05) is 0 Å². The number of hydrogen-bond acceptors (Lipinski definition) is 3. The van der Waals surface area contributed by atoms with Gasteiger partial charge in [0.25, 0.3) is 0 Å². The zero-order chi connectivity index (χ0) is 32.2. The molecule has 0 aliphatic heterocycles. The highest BCUT2D eigenvalue weighted by atomic mass is 16.5. The largest absolute Gasteiger partial charge is 0.481 e. The number of carbonyl (C=O) groups is 2. The summed E-state index contributed by atoms with van der Waals surface area (Å²) in [4.78, 5) is 23.3. The first-order chi connectivity index (χ1) is 21.6. The Morgan fingerprint density at radius 3 is 1.30 bits per heavy atom. The third-order valence-corrected chi connectivity index (χ3v) is 8.97. The second kappa shape index (κ2) is 36.2. The molecule has 0 radical (unpaired) electrons. The van der Waals surface area contributed by atoms with Crippen molar-refractivity contribution in [3.05, 3.63) is 12.2 Å². The molecule has 0 rings (SSSR count).